The lowest BCUT2D eigenvalue weighted by Gasteiger charge is -2.48. The molecule has 5 heteroatoms. The van der Waals surface area contributed by atoms with Crippen molar-refractivity contribution in [2.45, 2.75) is 51.4 Å². The fourth-order valence-corrected chi connectivity index (χ4v) is 5.66. The van der Waals surface area contributed by atoms with Gasteiger partial charge in [-0.3, -0.25) is 14.9 Å². The van der Waals surface area contributed by atoms with Gasteiger partial charge in [-0.05, 0) is 67.1 Å². The number of carbonyl (C=O) groups excluding carboxylic acids is 1. The van der Waals surface area contributed by atoms with Gasteiger partial charge >= 0.3 is 5.69 Å². The summed E-state index contributed by atoms with van der Waals surface area (Å²) in [7, 11) is 1.48. The molecule has 3 aliphatic rings. The molecule has 1 aromatic rings. The van der Waals surface area contributed by atoms with E-state index in [2.05, 4.69) is 6.92 Å². The van der Waals surface area contributed by atoms with Gasteiger partial charge in [0, 0.05) is 17.9 Å². The number of fused-ring (bicyclic) bond motifs is 5. The number of Topliss-reactive ketones (excluding diaryl/α,β-unsaturated/α-hetero) is 1. The van der Waals surface area contributed by atoms with Crippen LogP contribution < -0.4 is 4.74 Å². The standard InChI is InChI=1S/C19H23NO4/c1-19-8-7-12-13(15(19)5-6-18(19)21)4-3-11-9-17(24-2)16(20(22)23)10-14(11)12/h9-10,12-13,15H,3-8H2,1-2H3/t12?,13?,15?,19-/m0/s1. The van der Waals surface area contributed by atoms with Crippen LogP contribution in [0.3, 0.4) is 0 Å². The van der Waals surface area contributed by atoms with Crippen LogP contribution in [0.1, 0.15) is 56.1 Å². The molecule has 1 aromatic carbocycles. The first-order valence-corrected chi connectivity index (χ1v) is 8.84. The van der Waals surface area contributed by atoms with Crippen molar-refractivity contribution in [3.05, 3.63) is 33.4 Å². The van der Waals surface area contributed by atoms with Crippen molar-refractivity contribution in [2.24, 2.45) is 17.3 Å². The number of nitrogens with zero attached hydrogens (tertiary/aromatic N) is 1. The maximum atomic E-state index is 12.4. The van der Waals surface area contributed by atoms with Crippen LogP contribution in [0, 0.1) is 27.4 Å². The highest BCUT2D eigenvalue weighted by Crippen LogP contribution is 2.60. The van der Waals surface area contributed by atoms with Crippen molar-refractivity contribution in [2.75, 3.05) is 7.11 Å². The number of ether oxygens (including phenoxy) is 1. The molecule has 0 bridgehead atoms. The molecule has 0 aromatic heterocycles. The van der Waals surface area contributed by atoms with E-state index >= 15 is 0 Å². The van der Waals surface area contributed by atoms with Crippen LogP contribution in [-0.4, -0.2) is 17.8 Å². The Kier molecular flexibility index (Phi) is 3.44. The molecule has 0 aliphatic heterocycles. The first-order valence-electron chi connectivity index (χ1n) is 8.84. The molecule has 2 fully saturated rings. The number of nitro benzene ring substituents is 1. The normalized spacial score (nSPS) is 34.2. The molecule has 5 nitrogen and oxygen atoms in total. The van der Waals surface area contributed by atoms with Gasteiger partial charge in [-0.25, -0.2) is 0 Å². The van der Waals surface area contributed by atoms with Gasteiger partial charge < -0.3 is 4.74 Å². The van der Waals surface area contributed by atoms with Crippen molar-refractivity contribution < 1.29 is 14.5 Å². The van der Waals surface area contributed by atoms with Crippen molar-refractivity contribution in [1.29, 1.82) is 0 Å². The van der Waals surface area contributed by atoms with Crippen molar-refractivity contribution in [3.63, 3.8) is 0 Å². The van der Waals surface area contributed by atoms with E-state index in [1.54, 1.807) is 6.07 Å². The lowest BCUT2D eigenvalue weighted by atomic mass is 9.55. The summed E-state index contributed by atoms with van der Waals surface area (Å²) >= 11 is 0. The van der Waals surface area contributed by atoms with Gasteiger partial charge in [-0.1, -0.05) is 6.92 Å². The van der Waals surface area contributed by atoms with Crippen LogP contribution >= 0.6 is 0 Å². The molecule has 0 N–H and O–H groups in total. The van der Waals surface area contributed by atoms with Gasteiger partial charge in [0.25, 0.3) is 0 Å². The molecular formula is C19H23NO4. The van der Waals surface area contributed by atoms with Crippen LogP contribution in [0.5, 0.6) is 5.75 Å². The topological polar surface area (TPSA) is 69.4 Å². The first kappa shape index (κ1) is 15.6. The van der Waals surface area contributed by atoms with Gasteiger partial charge in [0.1, 0.15) is 5.78 Å². The fourth-order valence-electron chi connectivity index (χ4n) is 5.66. The monoisotopic (exact) mass is 329 g/mol. The van der Waals surface area contributed by atoms with Gasteiger partial charge in [-0.2, -0.15) is 0 Å². The van der Waals surface area contributed by atoms with E-state index < -0.39 is 0 Å². The van der Waals surface area contributed by atoms with E-state index in [1.165, 1.54) is 12.7 Å². The third-order valence-corrected chi connectivity index (χ3v) is 6.93. The van der Waals surface area contributed by atoms with E-state index in [4.69, 9.17) is 4.74 Å². The Balaban J connectivity index is 1.76. The largest absolute Gasteiger partial charge is 0.490 e. The van der Waals surface area contributed by atoms with Gasteiger partial charge in [-0.15, -0.1) is 0 Å². The van der Waals surface area contributed by atoms with E-state index in [-0.39, 0.29) is 16.0 Å². The molecule has 0 spiro atoms. The molecule has 0 radical (unpaired) electrons. The number of aryl methyl sites for hydroxylation is 1. The minimum absolute atomic E-state index is 0.0627. The molecule has 0 saturated heterocycles. The molecule has 2 saturated carbocycles. The minimum atomic E-state index is -0.352. The average Bonchev–Trinajstić information content (AvgIpc) is 2.88. The van der Waals surface area contributed by atoms with Crippen LogP contribution in [0.2, 0.25) is 0 Å². The van der Waals surface area contributed by atoms with Crippen LogP contribution in [0.15, 0.2) is 12.1 Å². The number of ketones is 1. The fraction of sp³-hybridized carbons (Fsp3) is 0.632. The minimum Gasteiger partial charge on any atom is -0.490 e. The summed E-state index contributed by atoms with van der Waals surface area (Å²) < 4.78 is 5.22. The number of rotatable bonds is 2. The highest BCUT2D eigenvalue weighted by molar-refractivity contribution is 5.87. The molecule has 4 atom stereocenters. The molecule has 3 unspecified atom stereocenters. The van der Waals surface area contributed by atoms with E-state index in [1.807, 2.05) is 6.07 Å². The Bertz CT molecular complexity index is 728. The molecule has 0 amide bonds. The van der Waals surface area contributed by atoms with E-state index in [0.29, 0.717) is 35.7 Å². The Hall–Kier alpha value is -1.91. The van der Waals surface area contributed by atoms with Crippen molar-refractivity contribution in [1.82, 2.24) is 0 Å². The molecule has 0 heterocycles. The van der Waals surface area contributed by atoms with Crippen LogP contribution in [-0.2, 0) is 11.2 Å². The second-order valence-electron chi connectivity index (χ2n) is 7.81. The average molecular weight is 329 g/mol. The predicted molar refractivity (Wildman–Crippen MR) is 89.3 cm³/mol. The zero-order chi connectivity index (χ0) is 17.1. The maximum Gasteiger partial charge on any atom is 0.311 e. The number of benzene rings is 1. The molecule has 24 heavy (non-hydrogen) atoms. The summed E-state index contributed by atoms with van der Waals surface area (Å²) in [6, 6.07) is 3.60. The smallest absolute Gasteiger partial charge is 0.311 e. The molecule has 3 aliphatic carbocycles. The summed E-state index contributed by atoms with van der Waals surface area (Å²) in [4.78, 5) is 23.4. The first-order chi connectivity index (χ1) is 11.5. The highest BCUT2D eigenvalue weighted by Gasteiger charge is 2.54. The maximum absolute atomic E-state index is 12.4. The zero-order valence-corrected chi connectivity index (χ0v) is 14.2. The lowest BCUT2D eigenvalue weighted by Crippen LogP contribution is -2.42. The summed E-state index contributed by atoms with van der Waals surface area (Å²) in [6.07, 6.45) is 5.57. The van der Waals surface area contributed by atoms with Crippen LogP contribution in [0.4, 0.5) is 5.69 Å². The second kappa shape index (κ2) is 5.30. The van der Waals surface area contributed by atoms with Crippen molar-refractivity contribution >= 4 is 11.5 Å². The summed E-state index contributed by atoms with van der Waals surface area (Å²) in [5.74, 6) is 2.06. The number of nitro groups is 1. The third-order valence-electron chi connectivity index (χ3n) is 6.93. The van der Waals surface area contributed by atoms with E-state index in [9.17, 15) is 14.9 Å². The summed E-state index contributed by atoms with van der Waals surface area (Å²) in [5.41, 5.74) is 2.22. The van der Waals surface area contributed by atoms with Crippen molar-refractivity contribution in [3.8, 4) is 5.75 Å². The summed E-state index contributed by atoms with van der Waals surface area (Å²) in [6.45, 7) is 2.15. The van der Waals surface area contributed by atoms with Gasteiger partial charge in [0.05, 0.1) is 12.0 Å². The number of carbonyl (C=O) groups is 1. The lowest BCUT2D eigenvalue weighted by molar-refractivity contribution is -0.385. The Morgan fingerprint density at radius 3 is 2.75 bits per heavy atom. The predicted octanol–water partition coefficient (Wildman–Crippen LogP) is 4.03. The van der Waals surface area contributed by atoms with E-state index in [0.717, 1.165) is 37.7 Å². The van der Waals surface area contributed by atoms with Gasteiger partial charge in [0.2, 0.25) is 0 Å². The Morgan fingerprint density at radius 1 is 1.25 bits per heavy atom. The Morgan fingerprint density at radius 2 is 2.04 bits per heavy atom. The second-order valence-corrected chi connectivity index (χ2v) is 7.81. The Labute approximate surface area is 141 Å². The highest BCUT2D eigenvalue weighted by atomic mass is 16.6. The quantitative estimate of drug-likeness (QED) is 0.607. The molecular weight excluding hydrogens is 306 g/mol. The number of hydrogen-bond donors (Lipinski definition) is 0. The SMILES string of the molecule is COc1cc2c(cc1[N+](=O)[O-])C1CC[C@]3(C)C(=O)CCC3C1CC2. The molecule has 4 rings (SSSR count). The number of hydrogen-bond acceptors (Lipinski definition) is 4. The van der Waals surface area contributed by atoms with Gasteiger partial charge in [0.15, 0.2) is 5.75 Å². The van der Waals surface area contributed by atoms with Crippen LogP contribution in [0.25, 0.3) is 0 Å². The summed E-state index contributed by atoms with van der Waals surface area (Å²) in [5, 5.41) is 11.4. The number of methoxy groups -OCH3 is 1. The molecule has 128 valence electrons. The zero-order valence-electron chi connectivity index (χ0n) is 14.2. The third kappa shape index (κ3) is 2.03.